The summed E-state index contributed by atoms with van der Waals surface area (Å²) in [6.45, 7) is 9.06. The van der Waals surface area contributed by atoms with E-state index in [2.05, 4.69) is 24.1 Å². The van der Waals surface area contributed by atoms with Gasteiger partial charge in [-0.3, -0.25) is 4.79 Å². The SMILES string of the molecule is CCCN(CC)CCNCC(C(=O)OC)c1ccccc1. The molecule has 0 saturated heterocycles. The number of methoxy groups -OCH3 is 1. The number of carbonyl (C=O) groups is 1. The molecule has 1 atom stereocenters. The Morgan fingerprint density at radius 3 is 2.52 bits per heavy atom. The van der Waals surface area contributed by atoms with Gasteiger partial charge in [0.1, 0.15) is 0 Å². The summed E-state index contributed by atoms with van der Waals surface area (Å²) < 4.78 is 4.92. The summed E-state index contributed by atoms with van der Waals surface area (Å²) >= 11 is 0. The Hall–Kier alpha value is -1.39. The first-order valence-electron chi connectivity index (χ1n) is 7.78. The molecule has 4 nitrogen and oxygen atoms in total. The molecule has 0 fully saturated rings. The summed E-state index contributed by atoms with van der Waals surface area (Å²) in [5.41, 5.74) is 0.998. The van der Waals surface area contributed by atoms with Crippen LogP contribution >= 0.6 is 0 Å². The number of carbonyl (C=O) groups excluding carboxylic acids is 1. The van der Waals surface area contributed by atoms with Crippen molar-refractivity contribution in [2.24, 2.45) is 0 Å². The molecule has 21 heavy (non-hydrogen) atoms. The number of hydrogen-bond acceptors (Lipinski definition) is 4. The normalized spacial score (nSPS) is 12.4. The van der Waals surface area contributed by atoms with Crippen molar-refractivity contribution >= 4 is 5.97 Å². The lowest BCUT2D eigenvalue weighted by Gasteiger charge is -2.21. The van der Waals surface area contributed by atoms with Gasteiger partial charge in [0, 0.05) is 19.6 Å². The third kappa shape index (κ3) is 6.27. The van der Waals surface area contributed by atoms with Crippen LogP contribution in [-0.2, 0) is 9.53 Å². The summed E-state index contributed by atoms with van der Waals surface area (Å²) in [5, 5.41) is 3.38. The second-order valence-corrected chi connectivity index (χ2v) is 5.12. The van der Waals surface area contributed by atoms with Crippen LogP contribution < -0.4 is 5.32 Å². The molecule has 0 saturated carbocycles. The Morgan fingerprint density at radius 1 is 1.24 bits per heavy atom. The molecule has 0 aliphatic rings. The van der Waals surface area contributed by atoms with Crippen LogP contribution in [0, 0.1) is 0 Å². The van der Waals surface area contributed by atoms with Gasteiger partial charge in [0.15, 0.2) is 0 Å². The van der Waals surface area contributed by atoms with E-state index in [1.165, 1.54) is 13.5 Å². The van der Waals surface area contributed by atoms with Gasteiger partial charge in [0.05, 0.1) is 13.0 Å². The molecule has 0 aromatic heterocycles. The smallest absolute Gasteiger partial charge is 0.314 e. The van der Waals surface area contributed by atoms with Gasteiger partial charge in [-0.25, -0.2) is 0 Å². The molecule has 0 spiro atoms. The maximum atomic E-state index is 11.9. The van der Waals surface area contributed by atoms with Crippen LogP contribution in [0.25, 0.3) is 0 Å². The summed E-state index contributed by atoms with van der Waals surface area (Å²) in [5.74, 6) is -0.424. The second-order valence-electron chi connectivity index (χ2n) is 5.12. The lowest BCUT2D eigenvalue weighted by Crippen LogP contribution is -2.35. The van der Waals surface area contributed by atoms with Crippen molar-refractivity contribution in [2.45, 2.75) is 26.2 Å². The van der Waals surface area contributed by atoms with E-state index < -0.39 is 0 Å². The van der Waals surface area contributed by atoms with Gasteiger partial charge in [0.25, 0.3) is 0 Å². The van der Waals surface area contributed by atoms with E-state index in [1.54, 1.807) is 0 Å². The first kappa shape index (κ1) is 17.7. The van der Waals surface area contributed by atoms with Gasteiger partial charge in [-0.15, -0.1) is 0 Å². The van der Waals surface area contributed by atoms with Crippen LogP contribution in [0.3, 0.4) is 0 Å². The lowest BCUT2D eigenvalue weighted by atomic mass is 9.99. The van der Waals surface area contributed by atoms with E-state index in [0.29, 0.717) is 6.54 Å². The Morgan fingerprint density at radius 2 is 1.95 bits per heavy atom. The molecular weight excluding hydrogens is 264 g/mol. The monoisotopic (exact) mass is 292 g/mol. The van der Waals surface area contributed by atoms with E-state index >= 15 is 0 Å². The molecule has 1 aromatic rings. The molecule has 1 unspecified atom stereocenters. The van der Waals surface area contributed by atoms with Gasteiger partial charge < -0.3 is 15.0 Å². The molecule has 1 aromatic carbocycles. The van der Waals surface area contributed by atoms with Crippen molar-refractivity contribution in [3.63, 3.8) is 0 Å². The maximum absolute atomic E-state index is 11.9. The zero-order chi connectivity index (χ0) is 15.5. The van der Waals surface area contributed by atoms with E-state index in [4.69, 9.17) is 4.74 Å². The van der Waals surface area contributed by atoms with Crippen LogP contribution in [-0.4, -0.2) is 50.7 Å². The topological polar surface area (TPSA) is 41.6 Å². The molecule has 4 heteroatoms. The van der Waals surface area contributed by atoms with E-state index in [-0.39, 0.29) is 11.9 Å². The van der Waals surface area contributed by atoms with E-state index in [9.17, 15) is 4.79 Å². The minimum absolute atomic E-state index is 0.186. The predicted molar refractivity (Wildman–Crippen MR) is 86.5 cm³/mol. The minimum atomic E-state index is -0.238. The summed E-state index contributed by atoms with van der Waals surface area (Å²) in [6.07, 6.45) is 1.17. The highest BCUT2D eigenvalue weighted by atomic mass is 16.5. The van der Waals surface area contributed by atoms with Gasteiger partial charge in [0.2, 0.25) is 0 Å². The van der Waals surface area contributed by atoms with E-state index in [0.717, 1.165) is 31.7 Å². The molecule has 1 rings (SSSR count). The zero-order valence-corrected chi connectivity index (χ0v) is 13.5. The third-order valence-corrected chi connectivity index (χ3v) is 3.63. The fourth-order valence-electron chi connectivity index (χ4n) is 2.39. The van der Waals surface area contributed by atoms with Gasteiger partial charge in [-0.2, -0.15) is 0 Å². The number of hydrogen-bond donors (Lipinski definition) is 1. The highest BCUT2D eigenvalue weighted by Crippen LogP contribution is 2.16. The molecule has 118 valence electrons. The summed E-state index contributed by atoms with van der Waals surface area (Å²) in [4.78, 5) is 14.3. The number of nitrogens with zero attached hydrogens (tertiary/aromatic N) is 1. The highest BCUT2D eigenvalue weighted by Gasteiger charge is 2.20. The first-order chi connectivity index (χ1) is 10.2. The molecule has 0 radical (unpaired) electrons. The molecule has 0 aliphatic heterocycles. The minimum Gasteiger partial charge on any atom is -0.469 e. The highest BCUT2D eigenvalue weighted by molar-refractivity contribution is 5.78. The summed E-state index contributed by atoms with van der Waals surface area (Å²) in [7, 11) is 1.44. The first-order valence-corrected chi connectivity index (χ1v) is 7.78. The average Bonchev–Trinajstić information content (AvgIpc) is 2.54. The van der Waals surface area contributed by atoms with Gasteiger partial charge >= 0.3 is 5.97 Å². The molecule has 0 amide bonds. The largest absolute Gasteiger partial charge is 0.469 e. The number of likely N-dealkylation sites (N-methyl/N-ethyl adjacent to an activating group) is 1. The average molecular weight is 292 g/mol. The Balaban J connectivity index is 2.46. The Kier molecular flexibility index (Phi) is 8.71. The van der Waals surface area contributed by atoms with Crippen molar-refractivity contribution in [1.29, 1.82) is 0 Å². The zero-order valence-electron chi connectivity index (χ0n) is 13.5. The number of rotatable bonds is 10. The quantitative estimate of drug-likeness (QED) is 0.530. The fraction of sp³-hybridized carbons (Fsp3) is 0.588. The van der Waals surface area contributed by atoms with Crippen molar-refractivity contribution in [1.82, 2.24) is 10.2 Å². The third-order valence-electron chi connectivity index (χ3n) is 3.63. The van der Waals surface area contributed by atoms with Crippen molar-refractivity contribution in [3.05, 3.63) is 35.9 Å². The van der Waals surface area contributed by atoms with Crippen LogP contribution in [0.15, 0.2) is 30.3 Å². The standard InChI is InChI=1S/C17H28N2O2/c1-4-12-19(5-2)13-11-18-14-16(17(20)21-3)15-9-7-6-8-10-15/h6-10,16,18H,4-5,11-14H2,1-3H3. The van der Waals surface area contributed by atoms with Crippen LogP contribution in [0.5, 0.6) is 0 Å². The molecular formula is C17H28N2O2. The van der Waals surface area contributed by atoms with Crippen LogP contribution in [0.4, 0.5) is 0 Å². The molecule has 0 bridgehead atoms. The number of esters is 1. The summed E-state index contributed by atoms with van der Waals surface area (Å²) in [6, 6.07) is 9.79. The lowest BCUT2D eigenvalue weighted by molar-refractivity contribution is -0.142. The number of nitrogens with one attached hydrogen (secondary N) is 1. The van der Waals surface area contributed by atoms with Crippen molar-refractivity contribution in [3.8, 4) is 0 Å². The predicted octanol–water partition coefficient (Wildman–Crippen LogP) is 2.26. The Labute approximate surface area is 128 Å². The second kappa shape index (κ2) is 10.4. The van der Waals surface area contributed by atoms with Crippen molar-refractivity contribution < 1.29 is 9.53 Å². The van der Waals surface area contributed by atoms with Gasteiger partial charge in [-0.1, -0.05) is 44.2 Å². The van der Waals surface area contributed by atoms with Gasteiger partial charge in [-0.05, 0) is 25.1 Å². The van der Waals surface area contributed by atoms with Crippen LogP contribution in [0.1, 0.15) is 31.7 Å². The maximum Gasteiger partial charge on any atom is 0.314 e. The Bertz CT molecular complexity index is 395. The van der Waals surface area contributed by atoms with E-state index in [1.807, 2.05) is 30.3 Å². The number of ether oxygens (including phenoxy) is 1. The fourth-order valence-corrected chi connectivity index (χ4v) is 2.39. The van der Waals surface area contributed by atoms with Crippen molar-refractivity contribution in [2.75, 3.05) is 39.8 Å². The van der Waals surface area contributed by atoms with Crippen LogP contribution in [0.2, 0.25) is 0 Å². The molecule has 0 aliphatic carbocycles. The molecule has 1 N–H and O–H groups in total. The number of benzene rings is 1. The molecule has 0 heterocycles.